The summed E-state index contributed by atoms with van der Waals surface area (Å²) in [6, 6.07) is 14.1. The van der Waals surface area contributed by atoms with Crippen molar-refractivity contribution in [3.63, 3.8) is 0 Å². The molecule has 0 heterocycles. The fourth-order valence-electron chi connectivity index (χ4n) is 1.72. The first kappa shape index (κ1) is 12.9. The van der Waals surface area contributed by atoms with Crippen LogP contribution in [0, 0.1) is 6.92 Å². The highest BCUT2D eigenvalue weighted by Crippen LogP contribution is 2.19. The number of rotatable bonds is 4. The Bertz CT molecular complexity index is 603. The van der Waals surface area contributed by atoms with Crippen LogP contribution < -0.4 is 5.32 Å². The van der Waals surface area contributed by atoms with E-state index < -0.39 is 0 Å². The standard InChI is InChI=1S/C16H15NO2/c1-12-11-14(18)7-8-15(12)17-10-9-16(19)13-5-3-2-4-6-13/h2-11,17-18H,1H3. The second-order valence-corrected chi connectivity index (χ2v) is 4.21. The van der Waals surface area contributed by atoms with Gasteiger partial charge in [-0.15, -0.1) is 0 Å². The van der Waals surface area contributed by atoms with Crippen LogP contribution in [-0.4, -0.2) is 10.9 Å². The Kier molecular flexibility index (Phi) is 3.98. The van der Waals surface area contributed by atoms with Crippen LogP contribution in [-0.2, 0) is 0 Å². The molecule has 0 aromatic heterocycles. The molecule has 2 N–H and O–H groups in total. The summed E-state index contributed by atoms with van der Waals surface area (Å²) in [6.07, 6.45) is 3.09. The topological polar surface area (TPSA) is 49.3 Å². The lowest BCUT2D eigenvalue weighted by Gasteiger charge is -2.05. The second kappa shape index (κ2) is 5.87. The number of aryl methyl sites for hydroxylation is 1. The molecule has 0 unspecified atom stereocenters. The maximum Gasteiger partial charge on any atom is 0.187 e. The van der Waals surface area contributed by atoms with Crippen molar-refractivity contribution in [2.24, 2.45) is 0 Å². The van der Waals surface area contributed by atoms with Gasteiger partial charge in [-0.05, 0) is 30.7 Å². The molecular formula is C16H15NO2. The number of carbonyl (C=O) groups excluding carboxylic acids is 1. The Morgan fingerprint density at radius 3 is 2.58 bits per heavy atom. The lowest BCUT2D eigenvalue weighted by molar-refractivity contribution is 0.104. The second-order valence-electron chi connectivity index (χ2n) is 4.21. The van der Waals surface area contributed by atoms with Crippen LogP contribution in [0.15, 0.2) is 60.8 Å². The highest BCUT2D eigenvalue weighted by atomic mass is 16.3. The van der Waals surface area contributed by atoms with E-state index in [2.05, 4.69) is 5.32 Å². The third-order valence-corrected chi connectivity index (χ3v) is 2.74. The van der Waals surface area contributed by atoms with Crippen LogP contribution in [0.4, 0.5) is 5.69 Å². The average Bonchev–Trinajstić information content (AvgIpc) is 2.42. The summed E-state index contributed by atoms with van der Waals surface area (Å²) in [4.78, 5) is 11.8. The minimum Gasteiger partial charge on any atom is -0.508 e. The molecule has 3 nitrogen and oxygen atoms in total. The summed E-state index contributed by atoms with van der Waals surface area (Å²) in [5, 5.41) is 12.3. The molecule has 0 radical (unpaired) electrons. The Morgan fingerprint density at radius 1 is 1.16 bits per heavy atom. The van der Waals surface area contributed by atoms with E-state index in [4.69, 9.17) is 0 Å². The van der Waals surface area contributed by atoms with Gasteiger partial charge in [0.1, 0.15) is 5.75 Å². The SMILES string of the molecule is Cc1cc(O)ccc1NC=CC(=O)c1ccccc1. The molecule has 0 aliphatic carbocycles. The molecule has 2 aromatic carbocycles. The van der Waals surface area contributed by atoms with Gasteiger partial charge in [-0.2, -0.15) is 0 Å². The highest BCUT2D eigenvalue weighted by Gasteiger charge is 2.00. The van der Waals surface area contributed by atoms with Crippen molar-refractivity contribution in [2.75, 3.05) is 5.32 Å². The lowest BCUT2D eigenvalue weighted by Crippen LogP contribution is -1.96. The summed E-state index contributed by atoms with van der Waals surface area (Å²) in [5.74, 6) is 0.178. The van der Waals surface area contributed by atoms with Gasteiger partial charge in [-0.1, -0.05) is 30.3 Å². The molecule has 0 saturated carbocycles. The average molecular weight is 253 g/mol. The first-order valence-electron chi connectivity index (χ1n) is 5.99. The van der Waals surface area contributed by atoms with Crippen LogP contribution in [0.5, 0.6) is 5.75 Å². The summed E-state index contributed by atoms with van der Waals surface area (Å²) >= 11 is 0. The van der Waals surface area contributed by atoms with Gasteiger partial charge >= 0.3 is 0 Å². The van der Waals surface area contributed by atoms with Gasteiger partial charge in [0.2, 0.25) is 0 Å². The monoisotopic (exact) mass is 253 g/mol. The molecule has 0 aliphatic heterocycles. The maximum atomic E-state index is 11.8. The molecule has 0 atom stereocenters. The first-order chi connectivity index (χ1) is 9.16. The highest BCUT2D eigenvalue weighted by molar-refractivity contribution is 6.04. The molecule has 0 bridgehead atoms. The summed E-state index contributed by atoms with van der Waals surface area (Å²) in [6.45, 7) is 1.88. The molecule has 2 aromatic rings. The van der Waals surface area contributed by atoms with E-state index in [9.17, 15) is 9.90 Å². The van der Waals surface area contributed by atoms with Crippen LogP contribution in [0.3, 0.4) is 0 Å². The zero-order chi connectivity index (χ0) is 13.7. The minimum absolute atomic E-state index is 0.0514. The maximum absolute atomic E-state index is 11.8. The van der Waals surface area contributed by atoms with E-state index in [1.54, 1.807) is 36.5 Å². The molecule has 0 aliphatic rings. The Labute approximate surface area is 112 Å². The van der Waals surface area contributed by atoms with Gasteiger partial charge in [0.15, 0.2) is 5.78 Å². The number of benzene rings is 2. The van der Waals surface area contributed by atoms with Crippen molar-refractivity contribution in [1.29, 1.82) is 0 Å². The Balaban J connectivity index is 2.02. The predicted molar refractivity (Wildman–Crippen MR) is 76.4 cm³/mol. The van der Waals surface area contributed by atoms with Gasteiger partial charge in [-0.25, -0.2) is 0 Å². The zero-order valence-electron chi connectivity index (χ0n) is 10.6. The fraction of sp³-hybridized carbons (Fsp3) is 0.0625. The number of carbonyl (C=O) groups is 1. The van der Waals surface area contributed by atoms with Crippen molar-refractivity contribution in [1.82, 2.24) is 0 Å². The van der Waals surface area contributed by atoms with Gasteiger partial charge in [0.25, 0.3) is 0 Å². The van der Waals surface area contributed by atoms with E-state index in [0.717, 1.165) is 11.3 Å². The van der Waals surface area contributed by atoms with Gasteiger partial charge in [-0.3, -0.25) is 4.79 Å². The van der Waals surface area contributed by atoms with Crippen LogP contribution in [0.1, 0.15) is 15.9 Å². The van der Waals surface area contributed by atoms with Crippen LogP contribution in [0.2, 0.25) is 0 Å². The summed E-state index contributed by atoms with van der Waals surface area (Å²) < 4.78 is 0. The Morgan fingerprint density at radius 2 is 1.89 bits per heavy atom. The van der Waals surface area contributed by atoms with Crippen molar-refractivity contribution >= 4 is 11.5 Å². The third-order valence-electron chi connectivity index (χ3n) is 2.74. The molecular weight excluding hydrogens is 238 g/mol. The van der Waals surface area contributed by atoms with E-state index >= 15 is 0 Å². The molecule has 3 heteroatoms. The van der Waals surface area contributed by atoms with Crippen molar-refractivity contribution in [2.45, 2.75) is 6.92 Å². The number of hydrogen-bond donors (Lipinski definition) is 2. The van der Waals surface area contributed by atoms with E-state index in [0.29, 0.717) is 5.56 Å². The number of anilines is 1. The predicted octanol–water partition coefficient (Wildman–Crippen LogP) is 3.51. The zero-order valence-corrected chi connectivity index (χ0v) is 10.6. The number of hydrogen-bond acceptors (Lipinski definition) is 3. The number of allylic oxidation sites excluding steroid dienone is 1. The van der Waals surface area contributed by atoms with Gasteiger partial charge in [0, 0.05) is 23.5 Å². The number of phenolic OH excluding ortho intramolecular Hbond substituents is 1. The number of ketones is 1. The van der Waals surface area contributed by atoms with Gasteiger partial charge < -0.3 is 10.4 Å². The molecule has 0 amide bonds. The van der Waals surface area contributed by atoms with E-state index in [1.807, 2.05) is 25.1 Å². The van der Waals surface area contributed by atoms with E-state index in [1.165, 1.54) is 6.08 Å². The molecule has 0 fully saturated rings. The third kappa shape index (κ3) is 3.45. The molecule has 19 heavy (non-hydrogen) atoms. The van der Waals surface area contributed by atoms with Crippen molar-refractivity contribution in [3.05, 3.63) is 71.9 Å². The fourth-order valence-corrected chi connectivity index (χ4v) is 1.72. The number of aromatic hydroxyl groups is 1. The Hall–Kier alpha value is -2.55. The largest absolute Gasteiger partial charge is 0.508 e. The van der Waals surface area contributed by atoms with E-state index in [-0.39, 0.29) is 11.5 Å². The van der Waals surface area contributed by atoms with Crippen LogP contribution >= 0.6 is 0 Å². The molecule has 2 rings (SSSR count). The summed E-state index contributed by atoms with van der Waals surface area (Å²) in [5.41, 5.74) is 2.43. The lowest BCUT2D eigenvalue weighted by atomic mass is 10.1. The van der Waals surface area contributed by atoms with Crippen LogP contribution in [0.25, 0.3) is 0 Å². The number of phenols is 1. The van der Waals surface area contributed by atoms with Crippen molar-refractivity contribution < 1.29 is 9.90 Å². The van der Waals surface area contributed by atoms with Crippen molar-refractivity contribution in [3.8, 4) is 5.75 Å². The molecule has 0 spiro atoms. The quantitative estimate of drug-likeness (QED) is 0.498. The normalized spacial score (nSPS) is 10.6. The molecule has 0 saturated heterocycles. The smallest absolute Gasteiger partial charge is 0.187 e. The van der Waals surface area contributed by atoms with Gasteiger partial charge in [0.05, 0.1) is 0 Å². The molecule has 96 valence electrons. The summed E-state index contributed by atoms with van der Waals surface area (Å²) in [7, 11) is 0. The first-order valence-corrected chi connectivity index (χ1v) is 5.99. The minimum atomic E-state index is -0.0514. The number of nitrogens with one attached hydrogen (secondary N) is 1.